The molecule has 4 nitrogen and oxygen atoms in total. The molecule has 3 atom stereocenters. The molecule has 0 spiro atoms. The molecule has 0 aromatic carbocycles. The van der Waals surface area contributed by atoms with E-state index in [-0.39, 0.29) is 17.9 Å². The highest BCUT2D eigenvalue weighted by molar-refractivity contribution is 5.86. The number of carbonyl (C=O) groups is 2. The van der Waals surface area contributed by atoms with Crippen LogP contribution in [0.15, 0.2) is 0 Å². The fraction of sp³-hybridized carbons (Fsp3) is 0.882. The molecule has 0 aromatic rings. The van der Waals surface area contributed by atoms with Crippen LogP contribution in [0.3, 0.4) is 0 Å². The minimum atomic E-state index is -0.604. The largest absolute Gasteiger partial charge is 0.465 e. The van der Waals surface area contributed by atoms with Gasteiger partial charge in [0.15, 0.2) is 0 Å². The van der Waals surface area contributed by atoms with Gasteiger partial charge in [-0.1, -0.05) is 27.7 Å². The zero-order valence-corrected chi connectivity index (χ0v) is 13.7. The molecular weight excluding hydrogens is 268 g/mol. The van der Waals surface area contributed by atoms with Crippen molar-refractivity contribution in [2.24, 2.45) is 29.1 Å². The molecule has 0 N–H and O–H groups in total. The van der Waals surface area contributed by atoms with E-state index in [1.165, 1.54) is 0 Å². The molecule has 21 heavy (non-hydrogen) atoms. The third-order valence-corrected chi connectivity index (χ3v) is 4.69. The van der Waals surface area contributed by atoms with E-state index in [2.05, 4.69) is 0 Å². The summed E-state index contributed by atoms with van der Waals surface area (Å²) in [4.78, 5) is 24.9. The van der Waals surface area contributed by atoms with Crippen LogP contribution < -0.4 is 0 Å². The zero-order chi connectivity index (χ0) is 15.6. The summed E-state index contributed by atoms with van der Waals surface area (Å²) in [6.45, 7) is 8.93. The van der Waals surface area contributed by atoms with Crippen LogP contribution in [0, 0.1) is 29.1 Å². The highest BCUT2D eigenvalue weighted by atomic mass is 16.5. The van der Waals surface area contributed by atoms with E-state index in [9.17, 15) is 9.59 Å². The van der Waals surface area contributed by atoms with Crippen LogP contribution in [0.1, 0.15) is 53.4 Å². The smallest absolute Gasteiger partial charge is 0.312 e. The van der Waals surface area contributed by atoms with E-state index in [0.29, 0.717) is 31.0 Å². The summed E-state index contributed by atoms with van der Waals surface area (Å²) >= 11 is 0. The van der Waals surface area contributed by atoms with Crippen LogP contribution in [-0.2, 0) is 19.1 Å². The van der Waals surface area contributed by atoms with Gasteiger partial charge in [0.2, 0.25) is 0 Å². The summed E-state index contributed by atoms with van der Waals surface area (Å²) in [6.07, 6.45) is 3.39. The Hall–Kier alpha value is -1.06. The maximum absolute atomic E-state index is 12.6. The first-order chi connectivity index (χ1) is 9.85. The van der Waals surface area contributed by atoms with Crippen LogP contribution in [0.2, 0.25) is 0 Å². The SMILES string of the molecule is CC(C)COC(=O)C1CC2CCC1(C(=O)OCC(C)C)C2. The minimum absolute atomic E-state index is 0.178. The standard InChI is InChI=1S/C17H28O4/c1-11(2)9-20-15(18)14-7-13-5-6-17(14,8-13)16(19)21-10-12(3)4/h11-14H,5-10H2,1-4H3. The van der Waals surface area contributed by atoms with Gasteiger partial charge in [0.05, 0.1) is 24.5 Å². The molecule has 0 saturated heterocycles. The molecule has 2 aliphatic rings. The second-order valence-electron chi connectivity index (χ2n) is 7.57. The predicted molar refractivity (Wildman–Crippen MR) is 79.5 cm³/mol. The number of carbonyl (C=O) groups excluding carboxylic acids is 2. The van der Waals surface area contributed by atoms with Crippen molar-refractivity contribution in [1.29, 1.82) is 0 Å². The molecular formula is C17H28O4. The van der Waals surface area contributed by atoms with Gasteiger partial charge in [-0.05, 0) is 43.4 Å². The monoisotopic (exact) mass is 296 g/mol. The molecule has 0 aromatic heterocycles. The summed E-state index contributed by atoms with van der Waals surface area (Å²) in [7, 11) is 0. The molecule has 2 fully saturated rings. The zero-order valence-electron chi connectivity index (χ0n) is 13.7. The van der Waals surface area contributed by atoms with Crippen LogP contribution in [-0.4, -0.2) is 25.2 Å². The van der Waals surface area contributed by atoms with Crippen molar-refractivity contribution in [1.82, 2.24) is 0 Å². The molecule has 120 valence electrons. The van der Waals surface area contributed by atoms with Crippen molar-refractivity contribution >= 4 is 11.9 Å². The van der Waals surface area contributed by atoms with Crippen molar-refractivity contribution in [3.05, 3.63) is 0 Å². The Morgan fingerprint density at radius 1 is 1.10 bits per heavy atom. The van der Waals surface area contributed by atoms with Crippen LogP contribution in [0.25, 0.3) is 0 Å². The fourth-order valence-corrected chi connectivity index (χ4v) is 3.64. The Morgan fingerprint density at radius 2 is 1.71 bits per heavy atom. The molecule has 0 heterocycles. The predicted octanol–water partition coefficient (Wildman–Crippen LogP) is 3.19. The number of fused-ring (bicyclic) bond motifs is 2. The maximum atomic E-state index is 12.6. The van der Waals surface area contributed by atoms with Gasteiger partial charge in [-0.25, -0.2) is 0 Å². The normalized spacial score (nSPS) is 31.0. The molecule has 2 aliphatic carbocycles. The lowest BCUT2D eigenvalue weighted by atomic mass is 9.75. The second kappa shape index (κ2) is 6.37. The molecule has 2 saturated carbocycles. The number of rotatable bonds is 6. The number of hydrogen-bond acceptors (Lipinski definition) is 4. The number of ether oxygens (including phenoxy) is 2. The maximum Gasteiger partial charge on any atom is 0.312 e. The third kappa shape index (κ3) is 3.41. The minimum Gasteiger partial charge on any atom is -0.465 e. The topological polar surface area (TPSA) is 52.6 Å². The van der Waals surface area contributed by atoms with Gasteiger partial charge in [0.1, 0.15) is 0 Å². The van der Waals surface area contributed by atoms with Crippen LogP contribution in [0.4, 0.5) is 0 Å². The van der Waals surface area contributed by atoms with E-state index < -0.39 is 5.41 Å². The third-order valence-electron chi connectivity index (χ3n) is 4.69. The first kappa shape index (κ1) is 16.3. The van der Waals surface area contributed by atoms with E-state index in [4.69, 9.17) is 9.47 Å². The highest BCUT2D eigenvalue weighted by Crippen LogP contribution is 2.58. The van der Waals surface area contributed by atoms with E-state index in [0.717, 1.165) is 25.7 Å². The van der Waals surface area contributed by atoms with Crippen LogP contribution in [0.5, 0.6) is 0 Å². The second-order valence-corrected chi connectivity index (χ2v) is 7.57. The first-order valence-corrected chi connectivity index (χ1v) is 8.19. The van der Waals surface area contributed by atoms with Gasteiger partial charge >= 0.3 is 11.9 Å². The van der Waals surface area contributed by atoms with Gasteiger partial charge < -0.3 is 9.47 Å². The lowest BCUT2D eigenvalue weighted by Crippen LogP contribution is -2.41. The molecule has 0 amide bonds. The summed E-state index contributed by atoms with van der Waals surface area (Å²) in [5.41, 5.74) is -0.604. The Balaban J connectivity index is 2.04. The molecule has 4 heteroatoms. The number of hydrogen-bond donors (Lipinski definition) is 0. The molecule has 0 aliphatic heterocycles. The summed E-state index contributed by atoms with van der Waals surface area (Å²) < 4.78 is 10.9. The molecule has 2 rings (SSSR count). The summed E-state index contributed by atoms with van der Waals surface area (Å²) in [6, 6.07) is 0. The van der Waals surface area contributed by atoms with Crippen molar-refractivity contribution in [2.45, 2.75) is 53.4 Å². The first-order valence-electron chi connectivity index (χ1n) is 8.19. The summed E-state index contributed by atoms with van der Waals surface area (Å²) in [5, 5.41) is 0. The quantitative estimate of drug-likeness (QED) is 0.706. The fourth-order valence-electron chi connectivity index (χ4n) is 3.64. The Kier molecular flexibility index (Phi) is 4.95. The van der Waals surface area contributed by atoms with E-state index >= 15 is 0 Å². The van der Waals surface area contributed by atoms with Crippen molar-refractivity contribution < 1.29 is 19.1 Å². The van der Waals surface area contributed by atoms with Gasteiger partial charge in [0, 0.05) is 0 Å². The van der Waals surface area contributed by atoms with E-state index in [1.807, 2.05) is 27.7 Å². The molecule has 0 radical (unpaired) electrons. The van der Waals surface area contributed by atoms with Crippen molar-refractivity contribution in [3.63, 3.8) is 0 Å². The van der Waals surface area contributed by atoms with Crippen molar-refractivity contribution in [2.75, 3.05) is 13.2 Å². The number of esters is 2. The van der Waals surface area contributed by atoms with Gasteiger partial charge in [-0.15, -0.1) is 0 Å². The highest BCUT2D eigenvalue weighted by Gasteiger charge is 2.60. The van der Waals surface area contributed by atoms with Crippen molar-refractivity contribution in [3.8, 4) is 0 Å². The van der Waals surface area contributed by atoms with Gasteiger partial charge in [0.25, 0.3) is 0 Å². The molecule has 2 bridgehead atoms. The Morgan fingerprint density at radius 3 is 2.29 bits per heavy atom. The average Bonchev–Trinajstić information content (AvgIpc) is 3.01. The van der Waals surface area contributed by atoms with E-state index in [1.54, 1.807) is 0 Å². The Labute approximate surface area is 127 Å². The van der Waals surface area contributed by atoms with Gasteiger partial charge in [-0.3, -0.25) is 9.59 Å². The lowest BCUT2D eigenvalue weighted by molar-refractivity contribution is -0.169. The average molecular weight is 296 g/mol. The van der Waals surface area contributed by atoms with Crippen LogP contribution >= 0.6 is 0 Å². The van der Waals surface area contributed by atoms with Gasteiger partial charge in [-0.2, -0.15) is 0 Å². The Bertz CT molecular complexity index is 402. The molecule has 3 unspecified atom stereocenters. The lowest BCUT2D eigenvalue weighted by Gasteiger charge is -2.31. The summed E-state index contributed by atoms with van der Waals surface area (Å²) in [5.74, 6) is 0.435.